The van der Waals surface area contributed by atoms with Crippen molar-refractivity contribution in [2.24, 2.45) is 0 Å². The Bertz CT molecular complexity index is 586. The van der Waals surface area contributed by atoms with Crippen molar-refractivity contribution in [1.29, 1.82) is 0 Å². The van der Waals surface area contributed by atoms with Crippen LogP contribution in [0.5, 0.6) is 0 Å². The molecular weight excluding hydrogens is 306 g/mol. The third-order valence-corrected chi connectivity index (χ3v) is 3.27. The third-order valence-electron chi connectivity index (χ3n) is 2.78. The van der Waals surface area contributed by atoms with Gasteiger partial charge in [-0.25, -0.2) is 0 Å². The van der Waals surface area contributed by atoms with Gasteiger partial charge in [0.1, 0.15) is 0 Å². The summed E-state index contributed by atoms with van der Waals surface area (Å²) < 4.78 is 0.855. The van der Waals surface area contributed by atoms with Crippen molar-refractivity contribution >= 4 is 33.2 Å². The van der Waals surface area contributed by atoms with Crippen molar-refractivity contribution < 1.29 is 4.79 Å². The summed E-state index contributed by atoms with van der Waals surface area (Å²) >= 11 is 3.33. The van der Waals surface area contributed by atoms with Crippen molar-refractivity contribution in [3.63, 3.8) is 0 Å². The van der Waals surface area contributed by atoms with Gasteiger partial charge in [0.25, 0.3) is 5.91 Å². The van der Waals surface area contributed by atoms with Gasteiger partial charge in [0.15, 0.2) is 0 Å². The van der Waals surface area contributed by atoms with Crippen LogP contribution in [0.1, 0.15) is 17.3 Å². The van der Waals surface area contributed by atoms with E-state index in [9.17, 15) is 4.79 Å². The Hall–Kier alpha value is -1.88. The minimum absolute atomic E-state index is 0.112. The second-order valence-corrected chi connectivity index (χ2v) is 4.90. The van der Waals surface area contributed by atoms with Gasteiger partial charge in [0.05, 0.1) is 5.56 Å². The number of nitrogens with zero attached hydrogens (tertiary/aromatic N) is 2. The third kappa shape index (κ3) is 2.93. The first-order valence-corrected chi connectivity index (χ1v) is 6.69. The van der Waals surface area contributed by atoms with Gasteiger partial charge in [0, 0.05) is 34.8 Å². The minimum atomic E-state index is -0.112. The van der Waals surface area contributed by atoms with Crippen LogP contribution in [0.15, 0.2) is 47.2 Å². The van der Waals surface area contributed by atoms with Crippen LogP contribution in [0.4, 0.5) is 11.4 Å². The number of nitrogens with two attached hydrogens (primary N) is 1. The Morgan fingerprint density at radius 2 is 2.00 bits per heavy atom. The van der Waals surface area contributed by atoms with Crippen molar-refractivity contribution in [3.05, 3.63) is 52.8 Å². The molecule has 1 amide bonds. The number of nitrogen functional groups attached to an aromatic ring is 1. The number of hydrogen-bond acceptors (Lipinski definition) is 3. The van der Waals surface area contributed by atoms with Gasteiger partial charge in [-0.05, 0) is 37.3 Å². The van der Waals surface area contributed by atoms with E-state index in [0.717, 1.165) is 10.2 Å². The van der Waals surface area contributed by atoms with Gasteiger partial charge >= 0.3 is 0 Å². The molecule has 0 fully saturated rings. The maximum atomic E-state index is 12.5. The first-order valence-electron chi connectivity index (χ1n) is 5.90. The van der Waals surface area contributed by atoms with Crippen LogP contribution in [0.2, 0.25) is 0 Å². The standard InChI is InChI=1S/C14H14BrN3O/c1-2-18(11-5-7-17-8-6-11)14(19)12-4-3-10(15)9-13(12)16/h3-9H,2,16H2,1H3. The summed E-state index contributed by atoms with van der Waals surface area (Å²) in [5.74, 6) is -0.112. The number of benzene rings is 1. The number of amides is 1. The smallest absolute Gasteiger partial charge is 0.260 e. The van der Waals surface area contributed by atoms with Crippen LogP contribution in [0.3, 0.4) is 0 Å². The zero-order valence-electron chi connectivity index (χ0n) is 10.5. The summed E-state index contributed by atoms with van der Waals surface area (Å²) in [5, 5.41) is 0. The molecule has 0 saturated heterocycles. The lowest BCUT2D eigenvalue weighted by molar-refractivity contribution is 0.0989. The number of halogens is 1. The quantitative estimate of drug-likeness (QED) is 0.884. The van der Waals surface area contributed by atoms with Crippen LogP contribution in [-0.4, -0.2) is 17.4 Å². The van der Waals surface area contributed by atoms with Crippen LogP contribution in [0, 0.1) is 0 Å². The number of carbonyl (C=O) groups is 1. The van der Waals surface area contributed by atoms with Crippen molar-refractivity contribution in [1.82, 2.24) is 4.98 Å². The molecule has 0 unspecified atom stereocenters. The Morgan fingerprint density at radius 3 is 2.58 bits per heavy atom. The number of hydrogen-bond donors (Lipinski definition) is 1. The van der Waals surface area contributed by atoms with Crippen molar-refractivity contribution in [3.8, 4) is 0 Å². The van der Waals surface area contributed by atoms with Crippen molar-refractivity contribution in [2.75, 3.05) is 17.2 Å². The topological polar surface area (TPSA) is 59.2 Å². The first-order chi connectivity index (χ1) is 9.13. The minimum Gasteiger partial charge on any atom is -0.398 e. The molecular formula is C14H14BrN3O. The van der Waals surface area contributed by atoms with E-state index in [1.807, 2.05) is 13.0 Å². The van der Waals surface area contributed by atoms with Crippen LogP contribution in [0.25, 0.3) is 0 Å². The highest BCUT2D eigenvalue weighted by Gasteiger charge is 2.18. The average Bonchev–Trinajstić information content (AvgIpc) is 2.40. The molecule has 1 aromatic carbocycles. The van der Waals surface area contributed by atoms with E-state index in [1.54, 1.807) is 41.6 Å². The lowest BCUT2D eigenvalue weighted by Crippen LogP contribution is -2.31. The molecule has 0 spiro atoms. The molecule has 2 N–H and O–H groups in total. The van der Waals surface area contributed by atoms with Gasteiger partial charge in [-0.1, -0.05) is 15.9 Å². The second kappa shape index (κ2) is 5.84. The second-order valence-electron chi connectivity index (χ2n) is 3.99. The maximum Gasteiger partial charge on any atom is 0.260 e. The highest BCUT2D eigenvalue weighted by molar-refractivity contribution is 9.10. The number of anilines is 2. The average molecular weight is 320 g/mol. The van der Waals surface area contributed by atoms with Gasteiger partial charge in [-0.15, -0.1) is 0 Å². The molecule has 0 aliphatic carbocycles. The van der Waals surface area contributed by atoms with Crippen LogP contribution in [-0.2, 0) is 0 Å². The molecule has 0 bridgehead atoms. The van der Waals surface area contributed by atoms with E-state index in [2.05, 4.69) is 20.9 Å². The van der Waals surface area contributed by atoms with Gasteiger partial charge in [0.2, 0.25) is 0 Å². The molecule has 0 saturated carbocycles. The number of carbonyl (C=O) groups excluding carboxylic acids is 1. The monoisotopic (exact) mass is 319 g/mol. The van der Waals surface area contributed by atoms with Crippen LogP contribution < -0.4 is 10.6 Å². The highest BCUT2D eigenvalue weighted by Crippen LogP contribution is 2.22. The first kappa shape index (κ1) is 13.5. The summed E-state index contributed by atoms with van der Waals surface area (Å²) in [4.78, 5) is 18.1. The molecule has 2 rings (SSSR count). The van der Waals surface area contributed by atoms with E-state index in [-0.39, 0.29) is 5.91 Å². The molecule has 1 heterocycles. The zero-order valence-corrected chi connectivity index (χ0v) is 12.1. The number of aromatic nitrogens is 1. The lowest BCUT2D eigenvalue weighted by atomic mass is 10.1. The molecule has 0 aliphatic rings. The summed E-state index contributed by atoms with van der Waals surface area (Å²) in [6, 6.07) is 8.87. The largest absolute Gasteiger partial charge is 0.398 e. The predicted molar refractivity (Wildman–Crippen MR) is 80.1 cm³/mol. The molecule has 0 radical (unpaired) electrons. The maximum absolute atomic E-state index is 12.5. The molecule has 98 valence electrons. The van der Waals surface area contributed by atoms with E-state index in [4.69, 9.17) is 5.73 Å². The van der Waals surface area contributed by atoms with Crippen molar-refractivity contribution in [2.45, 2.75) is 6.92 Å². The Labute approximate surface area is 120 Å². The predicted octanol–water partition coefficient (Wildman–Crippen LogP) is 3.09. The molecule has 0 aliphatic heterocycles. The highest BCUT2D eigenvalue weighted by atomic mass is 79.9. The molecule has 1 aromatic heterocycles. The van der Waals surface area contributed by atoms with E-state index in [0.29, 0.717) is 17.8 Å². The number of rotatable bonds is 3. The molecule has 4 nitrogen and oxygen atoms in total. The van der Waals surface area contributed by atoms with E-state index < -0.39 is 0 Å². The fourth-order valence-corrected chi connectivity index (χ4v) is 2.22. The summed E-state index contributed by atoms with van der Waals surface area (Å²) in [6.45, 7) is 2.49. The SMILES string of the molecule is CCN(C(=O)c1ccc(Br)cc1N)c1ccncc1. The molecule has 0 atom stereocenters. The van der Waals surface area contributed by atoms with E-state index in [1.165, 1.54) is 0 Å². The summed E-state index contributed by atoms with van der Waals surface area (Å²) in [6.07, 6.45) is 3.33. The Morgan fingerprint density at radius 1 is 1.32 bits per heavy atom. The van der Waals surface area contributed by atoms with E-state index >= 15 is 0 Å². The molecule has 5 heteroatoms. The Balaban J connectivity index is 2.36. The summed E-state index contributed by atoms with van der Waals surface area (Å²) in [5.41, 5.74) is 7.68. The summed E-state index contributed by atoms with van der Waals surface area (Å²) in [7, 11) is 0. The normalized spacial score (nSPS) is 10.2. The fourth-order valence-electron chi connectivity index (χ4n) is 1.84. The van der Waals surface area contributed by atoms with Gasteiger partial charge in [-0.2, -0.15) is 0 Å². The van der Waals surface area contributed by atoms with Gasteiger partial charge in [-0.3, -0.25) is 9.78 Å². The van der Waals surface area contributed by atoms with Crippen LogP contribution >= 0.6 is 15.9 Å². The molecule has 19 heavy (non-hydrogen) atoms. The zero-order chi connectivity index (χ0) is 13.8. The number of pyridine rings is 1. The fraction of sp³-hybridized carbons (Fsp3) is 0.143. The molecule has 2 aromatic rings. The lowest BCUT2D eigenvalue weighted by Gasteiger charge is -2.21. The Kier molecular flexibility index (Phi) is 4.16. The van der Waals surface area contributed by atoms with Gasteiger partial charge < -0.3 is 10.6 Å².